The van der Waals surface area contributed by atoms with E-state index in [0.29, 0.717) is 18.6 Å². The van der Waals surface area contributed by atoms with Gasteiger partial charge in [0.2, 0.25) is 0 Å². The second-order valence-electron chi connectivity index (χ2n) is 5.68. The average molecular weight is 324 g/mol. The van der Waals surface area contributed by atoms with Crippen molar-refractivity contribution in [3.05, 3.63) is 0 Å². The maximum atomic E-state index is 12.0. The lowest BCUT2D eigenvalue weighted by Crippen LogP contribution is -2.17. The van der Waals surface area contributed by atoms with E-state index in [0.717, 1.165) is 25.7 Å². The van der Waals surface area contributed by atoms with E-state index in [1.54, 1.807) is 12.5 Å². The fourth-order valence-corrected chi connectivity index (χ4v) is 5.11. The third-order valence-corrected chi connectivity index (χ3v) is 6.32. The molecule has 0 aromatic rings. The lowest BCUT2D eigenvalue weighted by atomic mass is 9.84. The molecule has 0 aromatic carbocycles. The quantitative estimate of drug-likeness (QED) is 0.483. The zero-order chi connectivity index (χ0) is 15.0. The molecule has 1 aliphatic rings. The van der Waals surface area contributed by atoms with E-state index in [2.05, 4.69) is 0 Å². The lowest BCUT2D eigenvalue weighted by Gasteiger charge is -2.20. The first kappa shape index (κ1) is 18.0. The van der Waals surface area contributed by atoms with Crippen molar-refractivity contribution in [2.45, 2.75) is 57.8 Å². The molecule has 0 unspecified atom stereocenters. The zero-order valence-corrected chi connectivity index (χ0v) is 14.2. The molecule has 20 heavy (non-hydrogen) atoms. The van der Waals surface area contributed by atoms with Crippen molar-refractivity contribution in [2.75, 3.05) is 18.3 Å². The van der Waals surface area contributed by atoms with E-state index < -0.39 is 21.3 Å². The molecule has 118 valence electrons. The van der Waals surface area contributed by atoms with Crippen LogP contribution in [-0.2, 0) is 29.7 Å². The topological polar surface area (TPSA) is 60.4 Å². The molecule has 1 rings (SSSR count). The van der Waals surface area contributed by atoms with Crippen molar-refractivity contribution in [1.29, 1.82) is 0 Å². The summed E-state index contributed by atoms with van der Waals surface area (Å²) in [6, 6.07) is 0. The van der Waals surface area contributed by atoms with Gasteiger partial charge < -0.3 is 0 Å². The van der Waals surface area contributed by atoms with Crippen molar-refractivity contribution in [3.63, 3.8) is 0 Å². The van der Waals surface area contributed by atoms with Gasteiger partial charge in [-0.25, -0.2) is 0 Å². The van der Waals surface area contributed by atoms with Crippen molar-refractivity contribution < 1.29 is 16.8 Å². The number of carbonyl (C=O) groups excluding carboxylic acids is 1. The first-order valence-electron chi connectivity index (χ1n) is 7.43. The van der Waals surface area contributed by atoms with Gasteiger partial charge in [-0.15, -0.1) is 0 Å². The summed E-state index contributed by atoms with van der Waals surface area (Å²) in [6.07, 6.45) is 12.0. The number of unbranched alkanes of at least 4 members (excludes halogenated alkanes) is 2. The van der Waals surface area contributed by atoms with E-state index in [1.165, 1.54) is 19.3 Å². The highest BCUT2D eigenvalue weighted by Crippen LogP contribution is 2.25. The van der Waals surface area contributed by atoms with E-state index in [-0.39, 0.29) is 11.7 Å². The fourth-order valence-electron chi connectivity index (χ4n) is 2.62. The Labute approximate surface area is 126 Å². The van der Waals surface area contributed by atoms with E-state index in [1.807, 2.05) is 0 Å². The number of Topliss-reactive ketones (excluding diaryl/α,β-unsaturated/α-hetero) is 1. The van der Waals surface area contributed by atoms with Crippen LogP contribution in [0.15, 0.2) is 0 Å². The standard InChI is InChI=1S/C14H27O4S2/c1-19(2)18-20(16,17)12-8-4-7-11-14(15)13-9-5-3-6-10-13/h13H,3-12H2,1-2H3/q+1. The first-order valence-corrected chi connectivity index (χ1v) is 11.0. The van der Waals surface area contributed by atoms with Crippen LogP contribution in [0.25, 0.3) is 0 Å². The van der Waals surface area contributed by atoms with Crippen molar-refractivity contribution in [2.24, 2.45) is 5.92 Å². The molecular formula is C14H27O4S2+. The highest BCUT2D eigenvalue weighted by Gasteiger charge is 2.21. The molecule has 0 N–H and O–H groups in total. The van der Waals surface area contributed by atoms with Crippen molar-refractivity contribution in [1.82, 2.24) is 0 Å². The smallest absolute Gasteiger partial charge is 0.299 e. The highest BCUT2D eigenvalue weighted by atomic mass is 32.3. The summed E-state index contributed by atoms with van der Waals surface area (Å²) in [5.41, 5.74) is 0. The number of rotatable bonds is 9. The molecule has 0 aliphatic heterocycles. The summed E-state index contributed by atoms with van der Waals surface area (Å²) < 4.78 is 27.9. The van der Waals surface area contributed by atoms with Crippen LogP contribution >= 0.6 is 0 Å². The van der Waals surface area contributed by atoms with Gasteiger partial charge in [0, 0.05) is 12.3 Å². The molecule has 0 spiro atoms. The van der Waals surface area contributed by atoms with Gasteiger partial charge in [-0.2, -0.15) is 8.42 Å². The van der Waals surface area contributed by atoms with Crippen molar-refractivity contribution in [3.8, 4) is 0 Å². The minimum absolute atomic E-state index is 0.0653. The predicted octanol–water partition coefficient (Wildman–Crippen LogP) is 2.84. The predicted molar refractivity (Wildman–Crippen MR) is 84.1 cm³/mol. The number of carbonyl (C=O) groups is 1. The van der Waals surface area contributed by atoms with Crippen LogP contribution in [0.4, 0.5) is 0 Å². The molecule has 0 heterocycles. The van der Waals surface area contributed by atoms with Crippen LogP contribution in [0, 0.1) is 5.92 Å². The molecule has 0 atom stereocenters. The molecule has 6 heteroatoms. The molecule has 1 aliphatic carbocycles. The monoisotopic (exact) mass is 323 g/mol. The molecule has 0 bridgehead atoms. The Balaban J connectivity index is 2.11. The van der Waals surface area contributed by atoms with Crippen LogP contribution in [0.2, 0.25) is 0 Å². The largest absolute Gasteiger partial charge is 0.311 e. The molecule has 0 radical (unpaired) electrons. The van der Waals surface area contributed by atoms with Gasteiger partial charge in [0.05, 0.1) is 5.75 Å². The molecule has 0 aromatic heterocycles. The second kappa shape index (κ2) is 9.05. The number of hydrogen-bond acceptors (Lipinski definition) is 4. The summed E-state index contributed by atoms with van der Waals surface area (Å²) in [5, 5.41) is 0. The summed E-state index contributed by atoms with van der Waals surface area (Å²) >= 11 is -0.545. The summed E-state index contributed by atoms with van der Waals surface area (Å²) in [7, 11) is -3.37. The second-order valence-corrected chi connectivity index (χ2v) is 9.23. The lowest BCUT2D eigenvalue weighted by molar-refractivity contribution is -0.123. The average Bonchev–Trinajstić information content (AvgIpc) is 2.37. The van der Waals surface area contributed by atoms with E-state index in [4.69, 9.17) is 3.63 Å². The maximum Gasteiger partial charge on any atom is 0.311 e. The normalized spacial score (nSPS) is 17.6. The SMILES string of the molecule is C[S+](C)OS(=O)(=O)CCCCCC(=O)C1CCCCC1. The van der Waals surface area contributed by atoms with Crippen LogP contribution < -0.4 is 0 Å². The number of hydrogen-bond donors (Lipinski definition) is 0. The van der Waals surface area contributed by atoms with Crippen LogP contribution in [-0.4, -0.2) is 32.5 Å². The highest BCUT2D eigenvalue weighted by molar-refractivity contribution is 8.02. The molecular weight excluding hydrogens is 296 g/mol. The Morgan fingerprint density at radius 3 is 2.35 bits per heavy atom. The molecule has 0 saturated heterocycles. The van der Waals surface area contributed by atoms with Gasteiger partial charge in [0.25, 0.3) is 0 Å². The Morgan fingerprint density at radius 1 is 1.10 bits per heavy atom. The van der Waals surface area contributed by atoms with Crippen LogP contribution in [0.1, 0.15) is 57.8 Å². The molecule has 1 saturated carbocycles. The third kappa shape index (κ3) is 7.64. The van der Waals surface area contributed by atoms with Crippen LogP contribution in [0.3, 0.4) is 0 Å². The maximum absolute atomic E-state index is 12.0. The fraction of sp³-hybridized carbons (Fsp3) is 0.929. The van der Waals surface area contributed by atoms with Gasteiger partial charge in [-0.1, -0.05) is 25.7 Å². The Kier molecular flexibility index (Phi) is 8.14. The Hall–Kier alpha value is -0.0700. The minimum atomic E-state index is -3.37. The van der Waals surface area contributed by atoms with Gasteiger partial charge in [-0.3, -0.25) is 4.79 Å². The van der Waals surface area contributed by atoms with Gasteiger partial charge in [0.15, 0.2) is 11.2 Å². The minimum Gasteiger partial charge on any atom is -0.299 e. The Morgan fingerprint density at radius 2 is 1.75 bits per heavy atom. The summed E-state index contributed by atoms with van der Waals surface area (Å²) in [6.45, 7) is 0. The number of ketones is 1. The third-order valence-electron chi connectivity index (χ3n) is 3.62. The first-order chi connectivity index (χ1) is 9.41. The van der Waals surface area contributed by atoms with Crippen LogP contribution in [0.5, 0.6) is 0 Å². The summed E-state index contributed by atoms with van der Waals surface area (Å²) in [5.74, 6) is 0.723. The Bertz CT molecular complexity index is 384. The molecule has 0 amide bonds. The van der Waals surface area contributed by atoms with Gasteiger partial charge in [0.1, 0.15) is 18.3 Å². The zero-order valence-electron chi connectivity index (χ0n) is 12.6. The molecule has 4 nitrogen and oxygen atoms in total. The summed E-state index contributed by atoms with van der Waals surface area (Å²) in [4.78, 5) is 12.0. The molecule has 1 fully saturated rings. The van der Waals surface area contributed by atoms with E-state index >= 15 is 0 Å². The van der Waals surface area contributed by atoms with Gasteiger partial charge in [-0.05, 0) is 29.3 Å². The van der Waals surface area contributed by atoms with E-state index in [9.17, 15) is 13.2 Å². The van der Waals surface area contributed by atoms with Crippen molar-refractivity contribution >= 4 is 27.1 Å². The van der Waals surface area contributed by atoms with Gasteiger partial charge >= 0.3 is 10.1 Å².